The van der Waals surface area contributed by atoms with Gasteiger partial charge >= 0.3 is 0 Å². The first-order valence-electron chi connectivity index (χ1n) is 15.3. The lowest BCUT2D eigenvalue weighted by molar-refractivity contribution is 1.08. The van der Waals surface area contributed by atoms with Gasteiger partial charge in [0.15, 0.2) is 0 Å². The van der Waals surface area contributed by atoms with Crippen molar-refractivity contribution in [2.45, 2.75) is 0 Å². The third-order valence-corrected chi connectivity index (χ3v) is 9.31. The Bertz CT molecular complexity index is 2650. The standard InChI is InChI=1S/C41H26N4/c1-6-16-35-28(11-1)34-24-27(44-36-17-7-2-12-29(36)30-13-3-8-18-37(30)44)23-33(41(34)43-35)26-21-22-40(42-25-26)45-38-19-9-4-14-31(38)32-15-5-10-20-39(32)45/h1-25,43H. The summed E-state index contributed by atoms with van der Waals surface area (Å²) in [6.07, 6.45) is 2.02. The van der Waals surface area contributed by atoms with Crippen LogP contribution >= 0.6 is 0 Å². The van der Waals surface area contributed by atoms with Crippen molar-refractivity contribution < 1.29 is 0 Å². The molecule has 0 saturated heterocycles. The molecule has 0 radical (unpaired) electrons. The Morgan fingerprint density at radius 3 is 1.51 bits per heavy atom. The third kappa shape index (κ3) is 3.45. The summed E-state index contributed by atoms with van der Waals surface area (Å²) in [5.74, 6) is 0.905. The Morgan fingerprint density at radius 2 is 0.956 bits per heavy atom. The van der Waals surface area contributed by atoms with Gasteiger partial charge in [0.1, 0.15) is 5.82 Å². The average molecular weight is 575 g/mol. The largest absolute Gasteiger partial charge is 0.354 e. The molecule has 4 heterocycles. The summed E-state index contributed by atoms with van der Waals surface area (Å²) in [5, 5.41) is 7.39. The van der Waals surface area contributed by atoms with Crippen molar-refractivity contribution in [1.82, 2.24) is 19.1 Å². The zero-order chi connectivity index (χ0) is 29.5. The first-order valence-corrected chi connectivity index (χ1v) is 15.3. The summed E-state index contributed by atoms with van der Waals surface area (Å²) in [7, 11) is 0. The van der Waals surface area contributed by atoms with Crippen molar-refractivity contribution in [3.8, 4) is 22.6 Å². The van der Waals surface area contributed by atoms with Gasteiger partial charge in [0, 0.05) is 60.8 Å². The van der Waals surface area contributed by atoms with Crippen LogP contribution in [0.15, 0.2) is 152 Å². The van der Waals surface area contributed by atoms with E-state index < -0.39 is 0 Å². The number of para-hydroxylation sites is 5. The summed E-state index contributed by atoms with van der Waals surface area (Å²) in [6, 6.07) is 52.1. The van der Waals surface area contributed by atoms with Crippen LogP contribution < -0.4 is 0 Å². The van der Waals surface area contributed by atoms with Crippen molar-refractivity contribution in [3.63, 3.8) is 0 Å². The highest BCUT2D eigenvalue weighted by molar-refractivity contribution is 6.14. The van der Waals surface area contributed by atoms with E-state index in [0.29, 0.717) is 0 Å². The van der Waals surface area contributed by atoms with Crippen molar-refractivity contribution in [2.24, 2.45) is 0 Å². The summed E-state index contributed by atoms with van der Waals surface area (Å²) in [5.41, 5.74) is 10.3. The predicted octanol–water partition coefficient (Wildman–Crippen LogP) is 10.6. The molecule has 0 aliphatic heterocycles. The second kappa shape index (κ2) is 9.18. The van der Waals surface area contributed by atoms with Gasteiger partial charge in [-0.15, -0.1) is 0 Å². The van der Waals surface area contributed by atoms with E-state index in [9.17, 15) is 0 Å². The second-order valence-electron chi connectivity index (χ2n) is 11.7. The highest BCUT2D eigenvalue weighted by Crippen LogP contribution is 2.39. The van der Waals surface area contributed by atoms with Gasteiger partial charge in [0.25, 0.3) is 0 Å². The first kappa shape index (κ1) is 24.3. The molecule has 10 aromatic rings. The van der Waals surface area contributed by atoms with E-state index in [1.807, 2.05) is 6.20 Å². The number of aromatic amines is 1. The van der Waals surface area contributed by atoms with Gasteiger partial charge in [-0.05, 0) is 54.6 Å². The van der Waals surface area contributed by atoms with E-state index in [0.717, 1.165) is 44.7 Å². The normalized spacial score (nSPS) is 12.0. The monoisotopic (exact) mass is 574 g/mol. The molecular weight excluding hydrogens is 548 g/mol. The molecule has 210 valence electrons. The van der Waals surface area contributed by atoms with Crippen molar-refractivity contribution in [3.05, 3.63) is 152 Å². The molecule has 0 unspecified atom stereocenters. The minimum atomic E-state index is 0.905. The molecule has 0 atom stereocenters. The van der Waals surface area contributed by atoms with Crippen LogP contribution in [0.1, 0.15) is 0 Å². The number of nitrogens with zero attached hydrogens (tertiary/aromatic N) is 3. The molecule has 6 aromatic carbocycles. The molecule has 4 nitrogen and oxygen atoms in total. The number of aromatic nitrogens is 4. The van der Waals surface area contributed by atoms with E-state index in [-0.39, 0.29) is 0 Å². The van der Waals surface area contributed by atoms with Crippen LogP contribution in [0.25, 0.3) is 88.0 Å². The molecule has 0 spiro atoms. The molecule has 0 bridgehead atoms. The molecule has 0 aliphatic rings. The van der Waals surface area contributed by atoms with E-state index in [1.165, 1.54) is 43.4 Å². The maximum Gasteiger partial charge on any atom is 0.137 e. The van der Waals surface area contributed by atoms with Gasteiger partial charge < -0.3 is 9.55 Å². The number of H-pyrrole nitrogens is 1. The van der Waals surface area contributed by atoms with E-state index in [4.69, 9.17) is 4.98 Å². The van der Waals surface area contributed by atoms with Crippen molar-refractivity contribution in [2.75, 3.05) is 0 Å². The molecule has 0 saturated carbocycles. The van der Waals surface area contributed by atoms with E-state index in [1.54, 1.807) is 0 Å². The minimum absolute atomic E-state index is 0.905. The Labute approximate surface area is 258 Å². The first-order chi connectivity index (χ1) is 22.3. The molecule has 45 heavy (non-hydrogen) atoms. The molecule has 0 amide bonds. The Balaban J connectivity index is 1.23. The predicted molar refractivity (Wildman–Crippen MR) is 188 cm³/mol. The number of hydrogen-bond donors (Lipinski definition) is 1. The number of benzene rings is 6. The van der Waals surface area contributed by atoms with E-state index in [2.05, 4.69) is 160 Å². The van der Waals surface area contributed by atoms with Crippen LogP contribution in [0.4, 0.5) is 0 Å². The van der Waals surface area contributed by atoms with E-state index >= 15 is 0 Å². The molecule has 0 aliphatic carbocycles. The van der Waals surface area contributed by atoms with Crippen LogP contribution in [0.3, 0.4) is 0 Å². The molecule has 0 fully saturated rings. The smallest absolute Gasteiger partial charge is 0.137 e. The fourth-order valence-electron chi connectivity index (χ4n) is 7.34. The maximum absolute atomic E-state index is 5.09. The number of pyridine rings is 1. The number of fused-ring (bicyclic) bond motifs is 9. The topological polar surface area (TPSA) is 38.5 Å². The zero-order valence-corrected chi connectivity index (χ0v) is 24.3. The Hall–Kier alpha value is -6.13. The summed E-state index contributed by atoms with van der Waals surface area (Å²) < 4.78 is 4.66. The summed E-state index contributed by atoms with van der Waals surface area (Å²) >= 11 is 0. The number of nitrogens with one attached hydrogen (secondary N) is 1. The van der Waals surface area contributed by atoms with Gasteiger partial charge in [0.05, 0.1) is 27.6 Å². The summed E-state index contributed by atoms with van der Waals surface area (Å²) in [4.78, 5) is 8.83. The molecule has 10 rings (SSSR count). The van der Waals surface area contributed by atoms with Crippen molar-refractivity contribution >= 4 is 65.4 Å². The zero-order valence-electron chi connectivity index (χ0n) is 24.3. The second-order valence-corrected chi connectivity index (χ2v) is 11.7. The van der Waals surface area contributed by atoms with Gasteiger partial charge in [-0.3, -0.25) is 4.57 Å². The fourth-order valence-corrected chi connectivity index (χ4v) is 7.34. The van der Waals surface area contributed by atoms with Crippen LogP contribution in [-0.4, -0.2) is 19.1 Å². The van der Waals surface area contributed by atoms with Gasteiger partial charge in [-0.1, -0.05) is 91.0 Å². The number of rotatable bonds is 3. The SMILES string of the molecule is c1ccc2c(c1)[nH]c1c(-c3ccc(-n4c5ccccc5c5ccccc54)nc3)cc(-n3c4ccccc4c4ccccc43)cc12. The average Bonchev–Trinajstić information content (AvgIpc) is 3.76. The van der Waals surface area contributed by atoms with Crippen molar-refractivity contribution in [1.29, 1.82) is 0 Å². The molecule has 4 heteroatoms. The quantitative estimate of drug-likeness (QED) is 0.224. The maximum atomic E-state index is 5.09. The highest BCUT2D eigenvalue weighted by Gasteiger charge is 2.18. The summed E-state index contributed by atoms with van der Waals surface area (Å²) in [6.45, 7) is 0. The molecule has 1 N–H and O–H groups in total. The van der Waals surface area contributed by atoms with Crippen LogP contribution in [0.5, 0.6) is 0 Å². The lowest BCUT2D eigenvalue weighted by Crippen LogP contribution is -1.98. The Morgan fingerprint density at radius 1 is 0.444 bits per heavy atom. The van der Waals surface area contributed by atoms with Gasteiger partial charge in [-0.2, -0.15) is 0 Å². The van der Waals surface area contributed by atoms with Gasteiger partial charge in [-0.25, -0.2) is 4.98 Å². The third-order valence-electron chi connectivity index (χ3n) is 9.31. The minimum Gasteiger partial charge on any atom is -0.354 e. The van der Waals surface area contributed by atoms with Crippen LogP contribution in [0.2, 0.25) is 0 Å². The molecule has 4 aromatic heterocycles. The lowest BCUT2D eigenvalue weighted by atomic mass is 10.0. The fraction of sp³-hybridized carbons (Fsp3) is 0. The lowest BCUT2D eigenvalue weighted by Gasteiger charge is -2.13. The van der Waals surface area contributed by atoms with Crippen LogP contribution in [0, 0.1) is 0 Å². The Kier molecular flexibility index (Phi) is 4.96. The number of hydrogen-bond acceptors (Lipinski definition) is 1. The van der Waals surface area contributed by atoms with Crippen LogP contribution in [-0.2, 0) is 0 Å². The highest BCUT2D eigenvalue weighted by atomic mass is 15.1. The van der Waals surface area contributed by atoms with Gasteiger partial charge in [0.2, 0.25) is 0 Å². The molecular formula is C41H26N4.